The van der Waals surface area contributed by atoms with Crippen LogP contribution in [0.15, 0.2) is 91.0 Å². The number of hydrogen-bond donors (Lipinski definition) is 0. The van der Waals surface area contributed by atoms with Crippen LogP contribution in [-0.4, -0.2) is 22.4 Å². The van der Waals surface area contributed by atoms with Gasteiger partial charge in [-0.05, 0) is 31.4 Å². The molecular formula is C25H27O4P3. The minimum Gasteiger partial charge on any atom is -0.459 e. The monoisotopic (exact) mass is 484 g/mol. The van der Waals surface area contributed by atoms with Gasteiger partial charge in [-0.15, -0.1) is 0 Å². The molecule has 0 fully saturated rings. The summed E-state index contributed by atoms with van der Waals surface area (Å²) in [4.78, 5) is 25.9. The van der Waals surface area contributed by atoms with E-state index in [1.807, 2.05) is 112 Å². The summed E-state index contributed by atoms with van der Waals surface area (Å²) >= 11 is 0. The first-order chi connectivity index (χ1) is 15.3. The van der Waals surface area contributed by atoms with E-state index in [-0.39, 0.29) is 26.0 Å². The van der Waals surface area contributed by atoms with Gasteiger partial charge in [-0.2, -0.15) is 0 Å². The molecule has 3 unspecified atom stereocenters. The Labute approximate surface area is 194 Å². The molecule has 166 valence electrons. The second-order valence-electron chi connectivity index (χ2n) is 8.09. The lowest BCUT2D eigenvalue weighted by molar-refractivity contribution is -0.159. The highest BCUT2D eigenvalue weighted by molar-refractivity contribution is 7.71. The van der Waals surface area contributed by atoms with Crippen LogP contribution in [0.3, 0.4) is 0 Å². The summed E-state index contributed by atoms with van der Waals surface area (Å²) in [5.74, 6) is -1.09. The van der Waals surface area contributed by atoms with Gasteiger partial charge in [0.2, 0.25) is 4.90 Å². The topological polar surface area (TPSA) is 52.6 Å². The zero-order valence-corrected chi connectivity index (χ0v) is 21.3. The molecular weight excluding hydrogens is 457 g/mol. The fourth-order valence-electron chi connectivity index (χ4n) is 2.84. The fraction of sp³-hybridized carbons (Fsp3) is 0.200. The summed E-state index contributed by atoms with van der Waals surface area (Å²) in [6, 6.07) is 28.7. The second kappa shape index (κ2) is 11.2. The maximum atomic E-state index is 13.7. The third-order valence-electron chi connectivity index (χ3n) is 4.26. The smallest absolute Gasteiger partial charge is 0.335 e. The van der Waals surface area contributed by atoms with Crippen molar-refractivity contribution in [1.29, 1.82) is 0 Å². The number of hydrogen-bond acceptors (Lipinski definition) is 4. The van der Waals surface area contributed by atoms with Crippen molar-refractivity contribution in [1.82, 2.24) is 0 Å². The third-order valence-corrected chi connectivity index (χ3v) is 8.67. The Balaban J connectivity index is 2.01. The predicted octanol–water partition coefficient (Wildman–Crippen LogP) is 4.49. The molecule has 0 amide bonds. The van der Waals surface area contributed by atoms with Crippen LogP contribution in [0.2, 0.25) is 0 Å². The van der Waals surface area contributed by atoms with Crippen LogP contribution in [-0.2, 0) is 18.8 Å². The molecule has 0 saturated carbocycles. The van der Waals surface area contributed by atoms with Gasteiger partial charge in [-0.3, -0.25) is 4.79 Å². The molecule has 0 radical (unpaired) electrons. The molecule has 7 heteroatoms. The highest BCUT2D eigenvalue weighted by Gasteiger charge is 2.50. The summed E-state index contributed by atoms with van der Waals surface area (Å²) in [6.45, 7) is 5.43. The predicted molar refractivity (Wildman–Crippen MR) is 138 cm³/mol. The van der Waals surface area contributed by atoms with Gasteiger partial charge < -0.3 is 9.26 Å². The highest BCUT2D eigenvalue weighted by atomic mass is 31.1. The minimum absolute atomic E-state index is 0.127. The second-order valence-corrected chi connectivity index (χ2v) is 12.7. The van der Waals surface area contributed by atoms with Crippen molar-refractivity contribution in [3.8, 4) is 0 Å². The fourth-order valence-corrected chi connectivity index (χ4v) is 7.05. The first kappa shape index (κ1) is 24.5. The van der Waals surface area contributed by atoms with E-state index in [0.29, 0.717) is 0 Å². The molecule has 0 bridgehead atoms. The molecule has 3 rings (SSSR count). The van der Waals surface area contributed by atoms with E-state index in [9.17, 15) is 9.59 Å². The first-order valence-electron chi connectivity index (χ1n) is 10.2. The van der Waals surface area contributed by atoms with E-state index in [1.165, 1.54) is 0 Å². The molecule has 4 nitrogen and oxygen atoms in total. The molecule has 3 aromatic carbocycles. The van der Waals surface area contributed by atoms with Crippen molar-refractivity contribution in [2.75, 3.05) is 0 Å². The van der Waals surface area contributed by atoms with Crippen molar-refractivity contribution < 1.29 is 18.8 Å². The van der Waals surface area contributed by atoms with Crippen molar-refractivity contribution in [2.24, 2.45) is 0 Å². The van der Waals surface area contributed by atoms with E-state index < -0.39 is 22.4 Å². The average molecular weight is 484 g/mol. The van der Waals surface area contributed by atoms with Crippen LogP contribution in [0.1, 0.15) is 20.8 Å². The van der Waals surface area contributed by atoms with Gasteiger partial charge >= 0.3 is 11.9 Å². The van der Waals surface area contributed by atoms with E-state index >= 15 is 0 Å². The number of rotatable bonds is 8. The summed E-state index contributed by atoms with van der Waals surface area (Å²) in [7, 11) is -0.442. The number of carbonyl (C=O) groups excluding carboxylic acids is 2. The zero-order valence-electron chi connectivity index (χ0n) is 18.3. The van der Waals surface area contributed by atoms with E-state index in [0.717, 1.165) is 15.9 Å². The first-order valence-corrected chi connectivity index (χ1v) is 13.1. The van der Waals surface area contributed by atoms with Crippen LogP contribution in [0.5, 0.6) is 0 Å². The Kier molecular flexibility index (Phi) is 8.55. The zero-order chi connectivity index (χ0) is 23.0. The molecule has 0 saturated heterocycles. The average Bonchev–Trinajstić information content (AvgIpc) is 2.78. The largest absolute Gasteiger partial charge is 0.459 e. The van der Waals surface area contributed by atoms with E-state index in [4.69, 9.17) is 9.26 Å². The Bertz CT molecular complexity index is 978. The standard InChI is InChI=1S/C25H27O4P3/c1-24(2,3)28-22(26)25(30-19-13-7-4-8-14-19,31-20-15-9-5-10-16-20)23(27)29-32-21-17-11-6-12-18-21/h4-18,30-32H,1-3H3. The molecule has 0 heterocycles. The molecule has 0 aliphatic heterocycles. The van der Waals surface area contributed by atoms with Crippen molar-refractivity contribution in [3.63, 3.8) is 0 Å². The lowest BCUT2D eigenvalue weighted by Gasteiger charge is -2.33. The van der Waals surface area contributed by atoms with Crippen molar-refractivity contribution in [2.45, 2.75) is 31.3 Å². The summed E-state index contributed by atoms with van der Waals surface area (Å²) in [6.07, 6.45) is 0. The summed E-state index contributed by atoms with van der Waals surface area (Å²) in [5.41, 5.74) is -0.729. The lowest BCUT2D eigenvalue weighted by atomic mass is 10.2. The quantitative estimate of drug-likeness (QED) is 0.269. The summed E-state index contributed by atoms with van der Waals surface area (Å²) < 4.78 is 11.6. The Hall–Kier alpha value is -2.11. The van der Waals surface area contributed by atoms with Gasteiger partial charge in [0.05, 0.1) is 0 Å². The van der Waals surface area contributed by atoms with Crippen LogP contribution < -0.4 is 15.9 Å². The highest BCUT2D eigenvalue weighted by Crippen LogP contribution is 2.49. The summed E-state index contributed by atoms with van der Waals surface area (Å²) in [5, 5.41) is 2.70. The molecule has 0 aliphatic carbocycles. The van der Waals surface area contributed by atoms with Crippen LogP contribution in [0.25, 0.3) is 0 Å². The van der Waals surface area contributed by atoms with Gasteiger partial charge in [0.1, 0.15) is 14.4 Å². The Morgan fingerprint density at radius 2 is 1.03 bits per heavy atom. The maximum absolute atomic E-state index is 13.7. The van der Waals surface area contributed by atoms with Crippen LogP contribution >= 0.6 is 26.0 Å². The molecule has 32 heavy (non-hydrogen) atoms. The van der Waals surface area contributed by atoms with Gasteiger partial charge in [0, 0.05) is 5.30 Å². The number of carbonyl (C=O) groups is 2. The van der Waals surface area contributed by atoms with Gasteiger partial charge in [-0.1, -0.05) is 108 Å². The number of esters is 1. The van der Waals surface area contributed by atoms with E-state index in [1.54, 1.807) is 0 Å². The Morgan fingerprint density at radius 3 is 1.44 bits per heavy atom. The molecule has 0 spiro atoms. The Morgan fingerprint density at radius 1 is 0.625 bits per heavy atom. The molecule has 0 N–H and O–H groups in total. The maximum Gasteiger partial charge on any atom is 0.335 e. The van der Waals surface area contributed by atoms with Gasteiger partial charge in [0.25, 0.3) is 0 Å². The SMILES string of the molecule is CC(C)(C)OC(=O)C(Pc1ccccc1)(Pc1ccccc1)C(=O)OPc1ccccc1. The molecule has 0 aromatic heterocycles. The van der Waals surface area contributed by atoms with Gasteiger partial charge in [0.15, 0.2) is 0 Å². The normalized spacial score (nSPS) is 14.2. The number of benzene rings is 3. The molecule has 3 atom stereocenters. The van der Waals surface area contributed by atoms with Crippen LogP contribution in [0, 0.1) is 0 Å². The molecule has 0 aliphatic rings. The van der Waals surface area contributed by atoms with Crippen LogP contribution in [0.4, 0.5) is 0 Å². The third kappa shape index (κ3) is 6.94. The molecule has 3 aromatic rings. The van der Waals surface area contributed by atoms with Gasteiger partial charge in [-0.25, -0.2) is 4.79 Å². The number of ether oxygens (including phenoxy) is 1. The van der Waals surface area contributed by atoms with E-state index in [2.05, 4.69) is 0 Å². The van der Waals surface area contributed by atoms with Crippen molar-refractivity contribution >= 4 is 53.8 Å². The minimum atomic E-state index is -1.45. The lowest BCUT2D eigenvalue weighted by Crippen LogP contribution is -2.45. The van der Waals surface area contributed by atoms with Crippen molar-refractivity contribution in [3.05, 3.63) is 91.0 Å².